The third-order valence-corrected chi connectivity index (χ3v) is 4.29. The van der Waals surface area contributed by atoms with E-state index in [-0.39, 0.29) is 24.2 Å². The monoisotopic (exact) mass is 338 g/mol. The number of carbonyl (C=O) groups excluding carboxylic acids is 2. The molecule has 0 saturated heterocycles. The van der Waals surface area contributed by atoms with Gasteiger partial charge in [-0.15, -0.1) is 11.6 Å². The van der Waals surface area contributed by atoms with E-state index in [4.69, 9.17) is 11.6 Å². The quantitative estimate of drug-likeness (QED) is 0.683. The SMILES string of the molecule is CCc1cccc(CC)c1N(CC(=O)N(CC)CC)C(=O)CCl. The Labute approximate surface area is 144 Å². The third kappa shape index (κ3) is 4.71. The summed E-state index contributed by atoms with van der Waals surface area (Å²) in [6, 6.07) is 6.01. The summed E-state index contributed by atoms with van der Waals surface area (Å²) in [7, 11) is 0. The molecule has 0 bridgehead atoms. The first-order chi connectivity index (χ1) is 11.0. The van der Waals surface area contributed by atoms with Gasteiger partial charge in [0.05, 0.1) is 5.69 Å². The molecule has 0 radical (unpaired) electrons. The topological polar surface area (TPSA) is 40.6 Å². The van der Waals surface area contributed by atoms with Crippen molar-refractivity contribution in [2.75, 3.05) is 30.4 Å². The number of aryl methyl sites for hydroxylation is 2. The van der Waals surface area contributed by atoms with E-state index in [2.05, 4.69) is 0 Å². The molecule has 0 atom stereocenters. The van der Waals surface area contributed by atoms with Crippen molar-refractivity contribution in [1.29, 1.82) is 0 Å². The van der Waals surface area contributed by atoms with Crippen LogP contribution in [0.3, 0.4) is 0 Å². The number of para-hydroxylation sites is 1. The number of halogens is 1. The summed E-state index contributed by atoms with van der Waals surface area (Å²) in [5, 5.41) is 0. The summed E-state index contributed by atoms with van der Waals surface area (Å²) in [6.07, 6.45) is 1.60. The van der Waals surface area contributed by atoms with E-state index in [9.17, 15) is 9.59 Å². The van der Waals surface area contributed by atoms with Crippen LogP contribution in [0, 0.1) is 0 Å². The van der Waals surface area contributed by atoms with Crippen LogP contribution in [0.15, 0.2) is 18.2 Å². The van der Waals surface area contributed by atoms with Gasteiger partial charge in [-0.25, -0.2) is 0 Å². The number of hydrogen-bond acceptors (Lipinski definition) is 2. The molecule has 1 rings (SSSR count). The second kappa shape index (κ2) is 9.56. The van der Waals surface area contributed by atoms with Crippen LogP contribution in [0.25, 0.3) is 0 Å². The Balaban J connectivity index is 3.28. The minimum absolute atomic E-state index is 0.0389. The largest absolute Gasteiger partial charge is 0.342 e. The maximum Gasteiger partial charge on any atom is 0.242 e. The van der Waals surface area contributed by atoms with Crippen molar-refractivity contribution in [2.24, 2.45) is 0 Å². The molecule has 0 N–H and O–H groups in total. The fourth-order valence-electron chi connectivity index (χ4n) is 2.74. The molecule has 1 aromatic rings. The summed E-state index contributed by atoms with van der Waals surface area (Å²) in [4.78, 5) is 28.2. The molecule has 128 valence electrons. The van der Waals surface area contributed by atoms with Crippen molar-refractivity contribution in [1.82, 2.24) is 4.90 Å². The summed E-state index contributed by atoms with van der Waals surface area (Å²) in [6.45, 7) is 9.28. The molecule has 0 heterocycles. The molecule has 0 aliphatic heterocycles. The molecule has 0 fully saturated rings. The number of nitrogens with zero attached hydrogens (tertiary/aromatic N) is 2. The van der Waals surface area contributed by atoms with Crippen LogP contribution in [0.4, 0.5) is 5.69 Å². The van der Waals surface area contributed by atoms with Gasteiger partial charge in [0.2, 0.25) is 11.8 Å². The van der Waals surface area contributed by atoms with Crippen LogP contribution >= 0.6 is 11.6 Å². The maximum absolute atomic E-state index is 12.5. The third-order valence-electron chi connectivity index (χ3n) is 4.06. The molecule has 2 amide bonds. The smallest absolute Gasteiger partial charge is 0.242 e. The first-order valence-electron chi connectivity index (χ1n) is 8.28. The van der Waals surface area contributed by atoms with Gasteiger partial charge >= 0.3 is 0 Å². The molecule has 4 nitrogen and oxygen atoms in total. The highest BCUT2D eigenvalue weighted by molar-refractivity contribution is 6.29. The molecule has 23 heavy (non-hydrogen) atoms. The van der Waals surface area contributed by atoms with Gasteiger partial charge in [0.25, 0.3) is 0 Å². The first-order valence-corrected chi connectivity index (χ1v) is 8.82. The van der Waals surface area contributed by atoms with Crippen molar-refractivity contribution in [3.8, 4) is 0 Å². The molecule has 0 aliphatic carbocycles. The van der Waals surface area contributed by atoms with Crippen molar-refractivity contribution < 1.29 is 9.59 Å². The van der Waals surface area contributed by atoms with Crippen LogP contribution in [0.2, 0.25) is 0 Å². The fourth-order valence-corrected chi connectivity index (χ4v) is 2.88. The molecular formula is C18H27ClN2O2. The highest BCUT2D eigenvalue weighted by atomic mass is 35.5. The molecule has 0 spiro atoms. The van der Waals surface area contributed by atoms with Crippen molar-refractivity contribution >= 4 is 29.1 Å². The second-order valence-corrected chi connectivity index (χ2v) is 5.58. The average Bonchev–Trinajstić information content (AvgIpc) is 2.59. The van der Waals surface area contributed by atoms with Gasteiger partial charge in [0.1, 0.15) is 12.4 Å². The molecule has 0 aromatic heterocycles. The van der Waals surface area contributed by atoms with E-state index in [1.807, 2.05) is 45.9 Å². The summed E-state index contributed by atoms with van der Waals surface area (Å²) >= 11 is 5.80. The zero-order valence-electron chi connectivity index (χ0n) is 14.6. The van der Waals surface area contributed by atoms with Crippen LogP contribution in [0.1, 0.15) is 38.8 Å². The predicted octanol–water partition coefficient (Wildman–Crippen LogP) is 3.25. The summed E-state index contributed by atoms with van der Waals surface area (Å²) in [5.41, 5.74) is 2.98. The standard InChI is InChI=1S/C18H27ClN2O2/c1-5-14-10-9-11-15(6-2)18(14)21(16(22)12-19)13-17(23)20(7-3)8-4/h9-11H,5-8,12-13H2,1-4H3. The predicted molar refractivity (Wildman–Crippen MR) is 96.2 cm³/mol. The van der Waals surface area contributed by atoms with Crippen molar-refractivity contribution in [3.05, 3.63) is 29.3 Å². The molecule has 1 aromatic carbocycles. The van der Waals surface area contributed by atoms with Gasteiger partial charge < -0.3 is 9.80 Å². The molecule has 5 heteroatoms. The number of rotatable bonds is 8. The number of alkyl halides is 1. The van der Waals surface area contributed by atoms with Crippen molar-refractivity contribution in [3.63, 3.8) is 0 Å². The molecule has 0 aliphatic rings. The van der Waals surface area contributed by atoms with E-state index < -0.39 is 0 Å². The summed E-state index contributed by atoms with van der Waals surface area (Å²) in [5.74, 6) is -0.420. The first kappa shape index (κ1) is 19.5. The lowest BCUT2D eigenvalue weighted by Gasteiger charge is -2.29. The minimum atomic E-state index is -0.234. The minimum Gasteiger partial charge on any atom is -0.342 e. The number of carbonyl (C=O) groups is 2. The van der Waals surface area contributed by atoms with Crippen LogP contribution < -0.4 is 4.90 Å². The Morgan fingerprint density at radius 1 is 0.957 bits per heavy atom. The van der Waals surface area contributed by atoms with Gasteiger partial charge in [-0.05, 0) is 37.8 Å². The van der Waals surface area contributed by atoms with Gasteiger partial charge in [0, 0.05) is 13.1 Å². The van der Waals surface area contributed by atoms with E-state index in [0.717, 1.165) is 29.7 Å². The number of hydrogen-bond donors (Lipinski definition) is 0. The van der Waals surface area contributed by atoms with Crippen LogP contribution in [-0.2, 0) is 22.4 Å². The molecule has 0 unspecified atom stereocenters. The Morgan fingerprint density at radius 2 is 1.48 bits per heavy atom. The Bertz CT molecular complexity index is 520. The van der Waals surface area contributed by atoms with Gasteiger partial charge in [-0.3, -0.25) is 9.59 Å². The average molecular weight is 339 g/mol. The van der Waals surface area contributed by atoms with Gasteiger partial charge in [0.15, 0.2) is 0 Å². The van der Waals surface area contributed by atoms with Crippen molar-refractivity contribution in [2.45, 2.75) is 40.5 Å². The number of anilines is 1. The lowest BCUT2D eigenvalue weighted by molar-refractivity contribution is -0.130. The summed E-state index contributed by atoms with van der Waals surface area (Å²) < 4.78 is 0. The zero-order valence-corrected chi connectivity index (χ0v) is 15.3. The van der Waals surface area contributed by atoms with Crippen LogP contribution in [0.5, 0.6) is 0 Å². The van der Waals surface area contributed by atoms with Gasteiger partial charge in [-0.2, -0.15) is 0 Å². The number of amides is 2. The fraction of sp³-hybridized carbons (Fsp3) is 0.556. The molecular weight excluding hydrogens is 312 g/mol. The highest BCUT2D eigenvalue weighted by Crippen LogP contribution is 2.27. The number of benzene rings is 1. The van der Waals surface area contributed by atoms with Crippen LogP contribution in [-0.4, -0.2) is 42.2 Å². The Morgan fingerprint density at radius 3 is 1.87 bits per heavy atom. The highest BCUT2D eigenvalue weighted by Gasteiger charge is 2.24. The Hall–Kier alpha value is -1.55. The second-order valence-electron chi connectivity index (χ2n) is 5.31. The van der Waals surface area contributed by atoms with E-state index in [1.165, 1.54) is 0 Å². The maximum atomic E-state index is 12.5. The molecule has 0 saturated carbocycles. The number of likely N-dealkylation sites (N-methyl/N-ethyl adjacent to an activating group) is 1. The van der Waals surface area contributed by atoms with E-state index in [0.29, 0.717) is 13.1 Å². The zero-order chi connectivity index (χ0) is 17.4. The Kier molecular flexibility index (Phi) is 8.10. The lowest BCUT2D eigenvalue weighted by Crippen LogP contribution is -2.44. The lowest BCUT2D eigenvalue weighted by atomic mass is 10.0. The van der Waals surface area contributed by atoms with Gasteiger partial charge in [-0.1, -0.05) is 32.0 Å². The normalized spacial score (nSPS) is 10.5. The van der Waals surface area contributed by atoms with E-state index >= 15 is 0 Å². The van der Waals surface area contributed by atoms with E-state index in [1.54, 1.807) is 9.80 Å².